The van der Waals surface area contributed by atoms with E-state index in [1.54, 1.807) is 0 Å². The van der Waals surface area contributed by atoms with Gasteiger partial charge in [-0.1, -0.05) is 75.8 Å². The highest BCUT2D eigenvalue weighted by atomic mass is 16.6. The number of aliphatic hydroxyl groups is 2. The highest BCUT2D eigenvalue weighted by Crippen LogP contribution is 2.52. The number of hydrogen-bond acceptors (Lipinski definition) is 5. The third-order valence-corrected chi connectivity index (χ3v) is 8.04. The minimum Gasteiger partial charge on any atom is -0.445 e. The molecule has 1 aromatic rings. The van der Waals surface area contributed by atoms with Crippen molar-refractivity contribution in [1.29, 1.82) is 0 Å². The largest absolute Gasteiger partial charge is 0.445 e. The van der Waals surface area contributed by atoms with E-state index in [1.165, 1.54) is 12.2 Å². The van der Waals surface area contributed by atoms with Gasteiger partial charge >= 0.3 is 5.97 Å². The van der Waals surface area contributed by atoms with Crippen LogP contribution in [0.25, 0.3) is 0 Å². The molecule has 1 saturated carbocycles. The van der Waals surface area contributed by atoms with Gasteiger partial charge in [0.15, 0.2) is 0 Å². The number of rotatable bonds is 2. The Kier molecular flexibility index (Phi) is 7.62. The van der Waals surface area contributed by atoms with Gasteiger partial charge in [0, 0.05) is 18.0 Å². The quantitative estimate of drug-likeness (QED) is 0.446. The molecule has 0 radical (unpaired) electrons. The Balaban J connectivity index is 1.78. The van der Waals surface area contributed by atoms with Crippen molar-refractivity contribution < 1.29 is 24.5 Å². The molecule has 188 valence electrons. The predicted octanol–water partition coefficient (Wildman–Crippen LogP) is 3.49. The average molecular weight is 480 g/mol. The summed E-state index contributed by atoms with van der Waals surface area (Å²) in [6.45, 7) is 8.27. The second kappa shape index (κ2) is 10.5. The Bertz CT molecular complexity index is 1000. The summed E-state index contributed by atoms with van der Waals surface area (Å²) in [5, 5.41) is 24.7. The number of amides is 1. The molecule has 1 aromatic carbocycles. The Hall–Kier alpha value is -2.70. The summed E-state index contributed by atoms with van der Waals surface area (Å²) in [5.74, 6) is -2.13. The van der Waals surface area contributed by atoms with Crippen LogP contribution in [-0.4, -0.2) is 45.9 Å². The first-order valence-electron chi connectivity index (χ1n) is 12.7. The second-order valence-electron chi connectivity index (χ2n) is 10.5. The third-order valence-electron chi connectivity index (χ3n) is 8.04. The standard InChI is InChI=1S/C29H37NO5/c1-18-9-7-13-22(31)15-16-25(32)35-29-23(14-8-10-18)27(33)20(3)19(2)26(29)24(30-28(29)34)17-21-11-5-4-6-12-21/h4-6,8,11-12,14-16,18-19,22-24,26-27,31,33H,3,7,9-10,13,17H2,1-2H3,(H,30,34)/t18-,19-,22-,23?,24+,26+,27-,29?/m1/s1. The van der Waals surface area contributed by atoms with E-state index < -0.39 is 35.6 Å². The van der Waals surface area contributed by atoms with Gasteiger partial charge in [-0.25, -0.2) is 4.79 Å². The van der Waals surface area contributed by atoms with E-state index in [-0.39, 0.29) is 17.9 Å². The van der Waals surface area contributed by atoms with E-state index in [0.29, 0.717) is 24.3 Å². The number of allylic oxidation sites excluding steroid dienone is 1. The molecule has 6 heteroatoms. The summed E-state index contributed by atoms with van der Waals surface area (Å²) in [4.78, 5) is 26.8. The van der Waals surface area contributed by atoms with Crippen LogP contribution in [0.5, 0.6) is 0 Å². The van der Waals surface area contributed by atoms with Gasteiger partial charge < -0.3 is 20.3 Å². The van der Waals surface area contributed by atoms with Crippen molar-refractivity contribution in [3.63, 3.8) is 0 Å². The van der Waals surface area contributed by atoms with Crippen LogP contribution in [0.15, 0.2) is 66.8 Å². The molecule has 2 unspecified atom stereocenters. The van der Waals surface area contributed by atoms with Crippen LogP contribution in [0.3, 0.4) is 0 Å². The van der Waals surface area contributed by atoms with Gasteiger partial charge in [-0.15, -0.1) is 0 Å². The molecule has 2 aliphatic heterocycles. The van der Waals surface area contributed by atoms with Gasteiger partial charge in [0.25, 0.3) is 5.91 Å². The number of carbonyl (C=O) groups excluding carboxylic acids is 2. The summed E-state index contributed by atoms with van der Waals surface area (Å²) in [6, 6.07) is 9.59. The van der Waals surface area contributed by atoms with E-state index in [2.05, 4.69) is 18.8 Å². The molecule has 3 aliphatic rings. The van der Waals surface area contributed by atoms with Gasteiger partial charge in [0.2, 0.25) is 5.60 Å². The van der Waals surface area contributed by atoms with Crippen molar-refractivity contribution in [2.75, 3.05) is 0 Å². The molecular formula is C29H37NO5. The van der Waals surface area contributed by atoms with Crippen LogP contribution in [0, 0.1) is 23.7 Å². The topological polar surface area (TPSA) is 95.9 Å². The summed E-state index contributed by atoms with van der Waals surface area (Å²) in [5.41, 5.74) is 0.136. The molecule has 1 spiro atoms. The molecule has 35 heavy (non-hydrogen) atoms. The lowest BCUT2D eigenvalue weighted by molar-refractivity contribution is -0.182. The molecule has 6 nitrogen and oxygen atoms in total. The summed E-state index contributed by atoms with van der Waals surface area (Å²) >= 11 is 0. The zero-order valence-electron chi connectivity index (χ0n) is 20.6. The second-order valence-corrected chi connectivity index (χ2v) is 10.5. The smallest absolute Gasteiger partial charge is 0.331 e. The number of ether oxygens (including phenoxy) is 1. The van der Waals surface area contributed by atoms with E-state index >= 15 is 0 Å². The van der Waals surface area contributed by atoms with Crippen LogP contribution < -0.4 is 5.32 Å². The van der Waals surface area contributed by atoms with Crippen LogP contribution in [0.4, 0.5) is 0 Å². The normalized spacial score (nSPS) is 38.2. The lowest BCUT2D eigenvalue weighted by Gasteiger charge is -2.49. The number of aliphatic hydroxyl groups excluding tert-OH is 2. The molecule has 2 heterocycles. The third kappa shape index (κ3) is 5.00. The number of benzene rings is 1. The Labute approximate surface area is 207 Å². The van der Waals surface area contributed by atoms with Crippen LogP contribution in [-0.2, 0) is 20.7 Å². The average Bonchev–Trinajstić information content (AvgIpc) is 3.09. The van der Waals surface area contributed by atoms with Crippen molar-refractivity contribution in [1.82, 2.24) is 5.32 Å². The molecule has 1 saturated heterocycles. The van der Waals surface area contributed by atoms with Crippen molar-refractivity contribution >= 4 is 11.9 Å². The maximum Gasteiger partial charge on any atom is 0.331 e. The molecule has 0 bridgehead atoms. The SMILES string of the molecule is C=C1[C@@H](O)C2C=CC[C@H](C)CCC[C@@H](O)C=CC(=O)OC23C(=O)N[C@@H](Cc2ccccc2)[C@@H]3[C@@H]1C. The van der Waals surface area contributed by atoms with E-state index in [4.69, 9.17) is 4.74 Å². The highest BCUT2D eigenvalue weighted by molar-refractivity contribution is 5.94. The summed E-state index contributed by atoms with van der Waals surface area (Å²) in [6.07, 6.45) is 8.39. The van der Waals surface area contributed by atoms with E-state index in [0.717, 1.165) is 24.8 Å². The minimum atomic E-state index is -1.57. The Morgan fingerprint density at radius 2 is 1.86 bits per heavy atom. The number of nitrogens with one attached hydrogen (secondary N) is 1. The first-order chi connectivity index (χ1) is 16.7. The molecule has 3 N–H and O–H groups in total. The van der Waals surface area contributed by atoms with Crippen molar-refractivity contribution in [3.8, 4) is 0 Å². The zero-order valence-corrected chi connectivity index (χ0v) is 20.6. The fourth-order valence-electron chi connectivity index (χ4n) is 6.09. The monoisotopic (exact) mass is 479 g/mol. The van der Waals surface area contributed by atoms with Crippen molar-refractivity contribution in [3.05, 3.63) is 72.4 Å². The van der Waals surface area contributed by atoms with Gasteiger partial charge in [-0.05, 0) is 48.3 Å². The number of hydrogen-bond donors (Lipinski definition) is 3. The maximum absolute atomic E-state index is 13.7. The summed E-state index contributed by atoms with van der Waals surface area (Å²) < 4.78 is 6.05. The first-order valence-corrected chi connectivity index (χ1v) is 12.7. The van der Waals surface area contributed by atoms with Gasteiger partial charge in [0.1, 0.15) is 0 Å². The zero-order chi connectivity index (χ0) is 25.2. The van der Waals surface area contributed by atoms with Crippen LogP contribution in [0.2, 0.25) is 0 Å². The van der Waals surface area contributed by atoms with E-state index in [1.807, 2.05) is 49.4 Å². The van der Waals surface area contributed by atoms with E-state index in [9.17, 15) is 19.8 Å². The molecular weight excluding hydrogens is 442 g/mol. The van der Waals surface area contributed by atoms with Crippen LogP contribution in [0.1, 0.15) is 45.1 Å². The maximum atomic E-state index is 13.7. The first kappa shape index (κ1) is 25.4. The highest BCUT2D eigenvalue weighted by Gasteiger charge is 2.67. The van der Waals surface area contributed by atoms with Crippen molar-refractivity contribution in [2.45, 2.75) is 69.8 Å². The van der Waals surface area contributed by atoms with Gasteiger partial charge in [-0.3, -0.25) is 4.79 Å². The Morgan fingerprint density at radius 1 is 1.11 bits per heavy atom. The van der Waals surface area contributed by atoms with Gasteiger partial charge in [0.05, 0.1) is 18.1 Å². The molecule has 8 atom stereocenters. The number of carbonyl (C=O) groups is 2. The van der Waals surface area contributed by atoms with Crippen LogP contribution >= 0.6 is 0 Å². The Morgan fingerprint density at radius 3 is 2.60 bits per heavy atom. The molecule has 4 rings (SSSR count). The van der Waals surface area contributed by atoms with Crippen molar-refractivity contribution in [2.24, 2.45) is 23.7 Å². The molecule has 1 aliphatic carbocycles. The lowest BCUT2D eigenvalue weighted by atomic mass is 9.59. The molecule has 0 aromatic heterocycles. The molecule has 1 amide bonds. The fourth-order valence-corrected chi connectivity index (χ4v) is 6.09. The minimum absolute atomic E-state index is 0.262. The van der Waals surface area contributed by atoms with Gasteiger partial charge in [-0.2, -0.15) is 0 Å². The lowest BCUT2D eigenvalue weighted by Crippen LogP contribution is -2.61. The molecule has 2 fully saturated rings. The predicted molar refractivity (Wildman–Crippen MR) is 134 cm³/mol. The summed E-state index contributed by atoms with van der Waals surface area (Å²) in [7, 11) is 0. The fraction of sp³-hybridized carbons (Fsp3) is 0.517. The number of esters is 1.